The Hall–Kier alpha value is -2.38. The van der Waals surface area contributed by atoms with E-state index in [4.69, 9.17) is 26.6 Å². The van der Waals surface area contributed by atoms with Crippen LogP contribution in [-0.4, -0.2) is 48.5 Å². The van der Waals surface area contributed by atoms with Crippen LogP contribution >= 0.6 is 22.9 Å². The second kappa shape index (κ2) is 9.18. The summed E-state index contributed by atoms with van der Waals surface area (Å²) in [5.74, 6) is 1.29. The number of methoxy groups -OCH3 is 1. The summed E-state index contributed by atoms with van der Waals surface area (Å²) in [6.45, 7) is 1.86. The lowest BCUT2D eigenvalue weighted by molar-refractivity contribution is 0.0720. The van der Waals surface area contributed by atoms with Gasteiger partial charge >= 0.3 is 0 Å². The summed E-state index contributed by atoms with van der Waals surface area (Å²) in [5, 5.41) is 12.7. The molecular formula is C22H24ClN3O3S. The number of likely N-dealkylation sites (tertiary alicyclic amines) is 1. The number of oxime groups is 1. The highest BCUT2D eigenvalue weighted by Crippen LogP contribution is 2.29. The normalized spacial score (nSPS) is 18.3. The summed E-state index contributed by atoms with van der Waals surface area (Å²) in [7, 11) is 1.63. The molecule has 1 aromatic carbocycles. The first-order valence-electron chi connectivity index (χ1n) is 10.1. The first-order valence-corrected chi connectivity index (χ1v) is 11.3. The van der Waals surface area contributed by atoms with Crippen molar-refractivity contribution in [3.63, 3.8) is 0 Å². The van der Waals surface area contributed by atoms with Gasteiger partial charge in [0, 0.05) is 37.1 Å². The topological polar surface area (TPSA) is 75.0 Å². The Labute approximate surface area is 184 Å². The molecule has 158 valence electrons. The van der Waals surface area contributed by atoms with Gasteiger partial charge in [-0.1, -0.05) is 22.8 Å². The van der Waals surface area contributed by atoms with Crippen LogP contribution in [0.25, 0.3) is 0 Å². The largest absolute Gasteiger partial charge is 0.496 e. The van der Waals surface area contributed by atoms with Crippen LogP contribution < -0.4 is 4.74 Å². The quantitative estimate of drug-likeness (QED) is 0.370. The molecule has 0 saturated carbocycles. The number of ether oxygens (including phenoxy) is 1. The molecule has 0 radical (unpaired) electrons. The number of thiophene rings is 1. The second-order valence-electron chi connectivity index (χ2n) is 7.49. The van der Waals surface area contributed by atoms with Crippen molar-refractivity contribution in [3.8, 4) is 5.75 Å². The average Bonchev–Trinajstić information content (AvgIpc) is 3.52. The molecule has 0 amide bonds. The van der Waals surface area contributed by atoms with E-state index in [1.165, 1.54) is 11.3 Å². The lowest BCUT2D eigenvalue weighted by atomic mass is 9.99. The van der Waals surface area contributed by atoms with Gasteiger partial charge in [0.2, 0.25) is 0 Å². The second-order valence-corrected chi connectivity index (χ2v) is 9.21. The number of Topliss-reactive ketones (excluding diaryl/α,β-unsaturated/α-hetero) is 1. The van der Waals surface area contributed by atoms with E-state index in [0.717, 1.165) is 42.8 Å². The molecule has 1 fully saturated rings. The smallest absolute Gasteiger partial charge is 0.172 e. The maximum Gasteiger partial charge on any atom is 0.172 e. The van der Waals surface area contributed by atoms with E-state index in [9.17, 15) is 4.79 Å². The molecule has 1 aromatic heterocycles. The van der Waals surface area contributed by atoms with Gasteiger partial charge in [-0.05, 0) is 43.5 Å². The number of nitrogens with zero attached hydrogens (tertiary/aromatic N) is 2. The molecule has 0 aliphatic carbocycles. The minimum absolute atomic E-state index is 0.0753. The van der Waals surface area contributed by atoms with Gasteiger partial charge in [-0.15, -0.1) is 11.3 Å². The van der Waals surface area contributed by atoms with Gasteiger partial charge < -0.3 is 14.5 Å². The molecule has 8 heteroatoms. The van der Waals surface area contributed by atoms with E-state index in [1.54, 1.807) is 19.2 Å². The van der Waals surface area contributed by atoms with Crippen molar-refractivity contribution < 1.29 is 14.4 Å². The molecule has 1 saturated heterocycles. The van der Waals surface area contributed by atoms with Crippen LogP contribution in [0.15, 0.2) is 35.5 Å². The minimum Gasteiger partial charge on any atom is -0.496 e. The number of hydrogen-bond donors (Lipinski definition) is 1. The summed E-state index contributed by atoms with van der Waals surface area (Å²) in [6, 6.07) is 9.29. The van der Waals surface area contributed by atoms with E-state index in [1.807, 2.05) is 18.2 Å². The average molecular weight is 446 g/mol. The molecule has 1 unspecified atom stereocenters. The fourth-order valence-corrected chi connectivity index (χ4v) is 4.83. The Bertz CT molecular complexity index is 982. The number of nitrogens with one attached hydrogen (secondary N) is 1. The van der Waals surface area contributed by atoms with Crippen molar-refractivity contribution >= 4 is 40.3 Å². The van der Waals surface area contributed by atoms with Gasteiger partial charge in [0.05, 0.1) is 22.0 Å². The highest BCUT2D eigenvalue weighted by molar-refractivity contribution is 7.18. The fourth-order valence-electron chi connectivity index (χ4n) is 3.82. The van der Waals surface area contributed by atoms with Gasteiger partial charge in [-0.25, -0.2) is 0 Å². The highest BCUT2D eigenvalue weighted by atomic mass is 35.5. The van der Waals surface area contributed by atoms with Crippen molar-refractivity contribution in [3.05, 3.63) is 50.7 Å². The molecule has 2 aromatic rings. The number of benzene rings is 1. The molecule has 3 heterocycles. The van der Waals surface area contributed by atoms with E-state index in [-0.39, 0.29) is 11.9 Å². The summed E-state index contributed by atoms with van der Waals surface area (Å²) in [4.78, 5) is 20.6. The molecule has 1 N–H and O–H groups in total. The van der Waals surface area contributed by atoms with Crippen LogP contribution in [-0.2, 0) is 4.84 Å². The molecule has 2 aliphatic rings. The van der Waals surface area contributed by atoms with E-state index in [2.05, 4.69) is 10.1 Å². The number of carbonyl (C=O) groups is 1. The van der Waals surface area contributed by atoms with Crippen LogP contribution in [0.3, 0.4) is 0 Å². The summed E-state index contributed by atoms with van der Waals surface area (Å²) in [6.07, 6.45) is 3.75. The molecule has 0 spiro atoms. The Morgan fingerprint density at radius 3 is 2.83 bits per heavy atom. The molecule has 1 atom stereocenters. The predicted molar refractivity (Wildman–Crippen MR) is 120 cm³/mol. The molecule has 6 nitrogen and oxygen atoms in total. The monoisotopic (exact) mass is 445 g/mol. The molecule has 4 rings (SSSR count). The zero-order chi connectivity index (χ0) is 21.1. The Morgan fingerprint density at radius 2 is 2.13 bits per heavy atom. The van der Waals surface area contributed by atoms with Crippen molar-refractivity contribution in [2.45, 2.75) is 38.2 Å². The number of hydrogen-bond acceptors (Lipinski definition) is 6. The maximum absolute atomic E-state index is 12.3. The molecule has 0 bridgehead atoms. The molecular weight excluding hydrogens is 422 g/mol. The van der Waals surface area contributed by atoms with Crippen molar-refractivity contribution in [1.29, 1.82) is 5.41 Å². The third-order valence-corrected chi connectivity index (χ3v) is 6.75. The summed E-state index contributed by atoms with van der Waals surface area (Å²) in [5.41, 5.74) is 2.52. The summed E-state index contributed by atoms with van der Waals surface area (Å²) < 4.78 is 6.21. The van der Waals surface area contributed by atoms with E-state index >= 15 is 0 Å². The summed E-state index contributed by atoms with van der Waals surface area (Å²) >= 11 is 7.21. The van der Waals surface area contributed by atoms with Crippen LogP contribution in [0.1, 0.15) is 52.9 Å². The van der Waals surface area contributed by atoms with Gasteiger partial charge in [-0.2, -0.15) is 0 Å². The Balaban J connectivity index is 1.38. The highest BCUT2D eigenvalue weighted by Gasteiger charge is 2.26. The van der Waals surface area contributed by atoms with E-state index < -0.39 is 0 Å². The van der Waals surface area contributed by atoms with Gasteiger partial charge in [0.25, 0.3) is 0 Å². The number of carbonyl (C=O) groups excluding carboxylic acids is 1. The van der Waals surface area contributed by atoms with E-state index in [0.29, 0.717) is 40.1 Å². The van der Waals surface area contributed by atoms with Crippen molar-refractivity contribution in [1.82, 2.24) is 4.90 Å². The van der Waals surface area contributed by atoms with Gasteiger partial charge in [-0.3, -0.25) is 10.2 Å². The minimum atomic E-state index is -0.133. The van der Waals surface area contributed by atoms with Crippen LogP contribution in [0, 0.1) is 5.41 Å². The molecule has 2 aliphatic heterocycles. The number of ketones is 1. The number of rotatable bonds is 7. The van der Waals surface area contributed by atoms with Crippen LogP contribution in [0.2, 0.25) is 4.34 Å². The standard InChI is InChI=1S/C22H24ClN3O3S/c1-28-19-12-14(22(24)26-10-2-3-11-26)4-6-16(19)17-13-15(29-25-17)5-7-18(27)20-8-9-21(23)30-20/h4,6,8-9,12,15,24H,2-3,5,7,10-11,13H2,1H3. The van der Waals surface area contributed by atoms with Gasteiger partial charge in [0.1, 0.15) is 17.7 Å². The SMILES string of the molecule is COc1cc(C(=N)N2CCCC2)ccc1C1=NOC(CCC(=O)c2ccc(Cl)s2)C1. The lowest BCUT2D eigenvalue weighted by Gasteiger charge is -2.19. The Morgan fingerprint density at radius 1 is 1.33 bits per heavy atom. The van der Waals surface area contributed by atoms with Crippen molar-refractivity contribution in [2.24, 2.45) is 5.16 Å². The maximum atomic E-state index is 12.3. The first-order chi connectivity index (χ1) is 14.5. The lowest BCUT2D eigenvalue weighted by Crippen LogP contribution is -2.27. The predicted octanol–water partition coefficient (Wildman–Crippen LogP) is 4.99. The number of amidine groups is 1. The Kier molecular flexibility index (Phi) is 6.39. The first kappa shape index (κ1) is 20.9. The zero-order valence-corrected chi connectivity index (χ0v) is 18.4. The third-order valence-electron chi connectivity index (χ3n) is 5.48. The van der Waals surface area contributed by atoms with Crippen LogP contribution in [0.4, 0.5) is 0 Å². The third kappa shape index (κ3) is 4.52. The molecule has 30 heavy (non-hydrogen) atoms. The fraction of sp³-hybridized carbons (Fsp3) is 0.409. The van der Waals surface area contributed by atoms with Crippen molar-refractivity contribution in [2.75, 3.05) is 20.2 Å². The van der Waals surface area contributed by atoms with Gasteiger partial charge in [0.15, 0.2) is 5.78 Å². The zero-order valence-electron chi connectivity index (χ0n) is 16.8. The van der Waals surface area contributed by atoms with Crippen LogP contribution in [0.5, 0.6) is 5.75 Å². The number of halogens is 1.